The summed E-state index contributed by atoms with van der Waals surface area (Å²) < 4.78 is 0. The summed E-state index contributed by atoms with van der Waals surface area (Å²) in [7, 11) is 0. The van der Waals surface area contributed by atoms with Crippen LogP contribution in [0, 0.1) is 0 Å². The smallest absolute Gasteiger partial charge is 0.137 e. The first-order chi connectivity index (χ1) is 8.22. The van der Waals surface area contributed by atoms with Crippen LogP contribution >= 0.6 is 0 Å². The Morgan fingerprint density at radius 1 is 1.24 bits per heavy atom. The minimum atomic E-state index is -0.254. The third-order valence-corrected chi connectivity index (χ3v) is 3.16. The van der Waals surface area contributed by atoms with Crippen LogP contribution < -0.4 is 0 Å². The second-order valence-corrected chi connectivity index (χ2v) is 4.45. The van der Waals surface area contributed by atoms with Crippen molar-refractivity contribution in [1.82, 2.24) is 9.97 Å². The van der Waals surface area contributed by atoms with Gasteiger partial charge in [0, 0.05) is 17.7 Å². The highest BCUT2D eigenvalue weighted by Gasteiger charge is 2.20. The van der Waals surface area contributed by atoms with E-state index >= 15 is 0 Å². The molecule has 0 spiro atoms. The van der Waals surface area contributed by atoms with Gasteiger partial charge in [-0.25, -0.2) is 4.98 Å². The molecule has 1 unspecified atom stereocenters. The number of nitrogens with zero attached hydrogens (tertiary/aromatic N) is 1. The highest BCUT2D eigenvalue weighted by molar-refractivity contribution is 5.57. The molecule has 0 bridgehead atoms. The topological polar surface area (TPSA) is 69.1 Å². The molecule has 0 fully saturated rings. The summed E-state index contributed by atoms with van der Waals surface area (Å²) in [6, 6.07) is 6.95. The summed E-state index contributed by atoms with van der Waals surface area (Å²) in [5, 5.41) is 18.8. The molecule has 0 radical (unpaired) electrons. The van der Waals surface area contributed by atoms with E-state index in [4.69, 9.17) is 0 Å². The summed E-state index contributed by atoms with van der Waals surface area (Å²) in [5.41, 5.74) is 3.04. The van der Waals surface area contributed by atoms with Gasteiger partial charge in [-0.1, -0.05) is 0 Å². The Balaban J connectivity index is 1.97. The largest absolute Gasteiger partial charge is 0.508 e. The number of phenols is 1. The zero-order valence-corrected chi connectivity index (χ0v) is 9.35. The Morgan fingerprint density at radius 2 is 2.00 bits per heavy atom. The molecule has 88 valence electrons. The molecule has 0 aliphatic heterocycles. The van der Waals surface area contributed by atoms with E-state index in [0.717, 1.165) is 35.6 Å². The fourth-order valence-corrected chi connectivity index (χ4v) is 2.22. The van der Waals surface area contributed by atoms with Crippen LogP contribution in [0.1, 0.15) is 17.8 Å². The number of aliphatic hydroxyl groups excluding tert-OH is 1. The minimum absolute atomic E-state index is 0.250. The van der Waals surface area contributed by atoms with Gasteiger partial charge in [-0.2, -0.15) is 0 Å². The average molecular weight is 230 g/mol. The van der Waals surface area contributed by atoms with E-state index < -0.39 is 0 Å². The molecule has 4 nitrogen and oxygen atoms in total. The Morgan fingerprint density at radius 3 is 2.76 bits per heavy atom. The number of aromatic amines is 1. The number of aromatic nitrogens is 2. The molecule has 0 saturated heterocycles. The SMILES string of the molecule is Oc1ccc(-c2nc3c([nH]2)CC(O)CC3)cc1. The second-order valence-electron chi connectivity index (χ2n) is 4.45. The fourth-order valence-electron chi connectivity index (χ4n) is 2.22. The van der Waals surface area contributed by atoms with Crippen molar-refractivity contribution in [2.75, 3.05) is 0 Å². The monoisotopic (exact) mass is 230 g/mol. The van der Waals surface area contributed by atoms with Crippen LogP contribution in [0.25, 0.3) is 11.4 Å². The van der Waals surface area contributed by atoms with Crippen molar-refractivity contribution in [2.24, 2.45) is 0 Å². The molecular formula is C13H14N2O2. The Labute approximate surface area is 99.0 Å². The van der Waals surface area contributed by atoms with Crippen molar-refractivity contribution in [3.8, 4) is 17.1 Å². The number of aryl methyl sites for hydroxylation is 1. The zero-order valence-electron chi connectivity index (χ0n) is 9.35. The number of aromatic hydroxyl groups is 1. The number of benzene rings is 1. The van der Waals surface area contributed by atoms with Gasteiger partial charge in [0.1, 0.15) is 11.6 Å². The van der Waals surface area contributed by atoms with E-state index in [0.29, 0.717) is 6.42 Å². The summed E-state index contributed by atoms with van der Waals surface area (Å²) in [4.78, 5) is 7.78. The van der Waals surface area contributed by atoms with Crippen molar-refractivity contribution >= 4 is 0 Å². The Bertz CT molecular complexity index is 531. The van der Waals surface area contributed by atoms with Crippen LogP contribution in [0.2, 0.25) is 0 Å². The van der Waals surface area contributed by atoms with Gasteiger partial charge in [0.05, 0.1) is 11.8 Å². The summed E-state index contributed by atoms with van der Waals surface area (Å²) in [5.74, 6) is 1.06. The van der Waals surface area contributed by atoms with Crippen molar-refractivity contribution < 1.29 is 10.2 Å². The third-order valence-electron chi connectivity index (χ3n) is 3.16. The van der Waals surface area contributed by atoms with Crippen LogP contribution in [-0.4, -0.2) is 26.3 Å². The lowest BCUT2D eigenvalue weighted by atomic mass is 9.99. The van der Waals surface area contributed by atoms with Crippen molar-refractivity contribution in [2.45, 2.75) is 25.4 Å². The van der Waals surface area contributed by atoms with E-state index in [2.05, 4.69) is 9.97 Å². The lowest BCUT2D eigenvalue weighted by molar-refractivity contribution is 0.157. The number of H-pyrrole nitrogens is 1. The van der Waals surface area contributed by atoms with E-state index in [1.165, 1.54) is 0 Å². The number of nitrogens with one attached hydrogen (secondary N) is 1. The molecule has 1 aromatic heterocycles. The molecule has 1 aliphatic carbocycles. The molecule has 3 rings (SSSR count). The van der Waals surface area contributed by atoms with Gasteiger partial charge in [-0.3, -0.25) is 0 Å². The molecule has 1 aliphatic rings. The molecule has 1 atom stereocenters. The van der Waals surface area contributed by atoms with Gasteiger partial charge in [-0.05, 0) is 37.1 Å². The van der Waals surface area contributed by atoms with Crippen molar-refractivity contribution in [1.29, 1.82) is 0 Å². The predicted molar refractivity (Wildman–Crippen MR) is 63.7 cm³/mol. The highest BCUT2D eigenvalue weighted by atomic mass is 16.3. The number of hydrogen-bond acceptors (Lipinski definition) is 3. The van der Waals surface area contributed by atoms with E-state index in [1.807, 2.05) is 12.1 Å². The van der Waals surface area contributed by atoms with Crippen LogP contribution in [0.5, 0.6) is 5.75 Å². The molecule has 1 aromatic carbocycles. The summed E-state index contributed by atoms with van der Waals surface area (Å²) >= 11 is 0. The number of fused-ring (bicyclic) bond motifs is 1. The maximum Gasteiger partial charge on any atom is 0.137 e. The fraction of sp³-hybridized carbons (Fsp3) is 0.308. The van der Waals surface area contributed by atoms with Crippen LogP contribution in [-0.2, 0) is 12.8 Å². The summed E-state index contributed by atoms with van der Waals surface area (Å²) in [6.45, 7) is 0. The van der Waals surface area contributed by atoms with Crippen molar-refractivity contribution in [3.63, 3.8) is 0 Å². The lowest BCUT2D eigenvalue weighted by Gasteiger charge is -2.14. The lowest BCUT2D eigenvalue weighted by Crippen LogP contribution is -2.18. The maximum absolute atomic E-state index is 9.59. The van der Waals surface area contributed by atoms with E-state index in [-0.39, 0.29) is 11.9 Å². The first-order valence-electron chi connectivity index (χ1n) is 5.77. The van der Waals surface area contributed by atoms with E-state index in [9.17, 15) is 10.2 Å². The number of aliphatic hydroxyl groups is 1. The standard InChI is InChI=1S/C13H14N2O2/c16-9-3-1-8(2-4-9)13-14-11-6-5-10(17)7-12(11)15-13/h1-4,10,16-17H,5-7H2,(H,14,15). The molecule has 4 heteroatoms. The van der Waals surface area contributed by atoms with Gasteiger partial charge in [0.15, 0.2) is 0 Å². The summed E-state index contributed by atoms with van der Waals surface area (Å²) in [6.07, 6.45) is 2.01. The number of hydrogen-bond donors (Lipinski definition) is 3. The van der Waals surface area contributed by atoms with Gasteiger partial charge in [0.2, 0.25) is 0 Å². The van der Waals surface area contributed by atoms with E-state index in [1.54, 1.807) is 12.1 Å². The molecular weight excluding hydrogens is 216 g/mol. The molecule has 0 amide bonds. The van der Waals surface area contributed by atoms with Crippen LogP contribution in [0.15, 0.2) is 24.3 Å². The van der Waals surface area contributed by atoms with Gasteiger partial charge in [0.25, 0.3) is 0 Å². The molecule has 1 heterocycles. The average Bonchev–Trinajstić information content (AvgIpc) is 2.72. The molecule has 3 N–H and O–H groups in total. The highest BCUT2D eigenvalue weighted by Crippen LogP contribution is 2.25. The van der Waals surface area contributed by atoms with Gasteiger partial charge in [-0.15, -0.1) is 0 Å². The van der Waals surface area contributed by atoms with Crippen molar-refractivity contribution in [3.05, 3.63) is 35.7 Å². The third kappa shape index (κ3) is 1.91. The number of rotatable bonds is 1. The zero-order chi connectivity index (χ0) is 11.8. The quantitative estimate of drug-likeness (QED) is 0.697. The van der Waals surface area contributed by atoms with Gasteiger partial charge < -0.3 is 15.2 Å². The van der Waals surface area contributed by atoms with Crippen LogP contribution in [0.4, 0.5) is 0 Å². The minimum Gasteiger partial charge on any atom is -0.508 e. The molecule has 17 heavy (non-hydrogen) atoms. The predicted octanol–water partition coefficient (Wildman–Crippen LogP) is 1.63. The first kappa shape index (κ1) is 10.4. The van der Waals surface area contributed by atoms with Gasteiger partial charge >= 0.3 is 0 Å². The Hall–Kier alpha value is -1.81. The maximum atomic E-state index is 9.59. The Kier molecular flexibility index (Phi) is 2.37. The second kappa shape index (κ2) is 3.89. The number of phenolic OH excluding ortho intramolecular Hbond substituents is 1. The molecule has 2 aromatic rings. The normalized spacial score (nSPS) is 19.0. The molecule has 0 saturated carbocycles. The van der Waals surface area contributed by atoms with Crippen LogP contribution in [0.3, 0.4) is 0 Å². The first-order valence-corrected chi connectivity index (χ1v) is 5.77. The number of imidazole rings is 1.